The molecule has 5 heteroatoms. The van der Waals surface area contributed by atoms with Crippen molar-refractivity contribution in [2.24, 2.45) is 0 Å². The standard InChI is InChI=1S/C19H17O4P/c1-16-10-8-9-15-19(16)23-24(20,21-17-11-4-2-5-12-17)22-18-13-6-3-7-14-18/h2-15H,1H3. The minimum atomic E-state index is -3.91. The van der Waals surface area contributed by atoms with Crippen molar-refractivity contribution in [3.8, 4) is 17.2 Å². The maximum atomic E-state index is 13.2. The summed E-state index contributed by atoms with van der Waals surface area (Å²) >= 11 is 0. The fourth-order valence-corrected chi connectivity index (χ4v) is 3.37. The summed E-state index contributed by atoms with van der Waals surface area (Å²) in [4.78, 5) is 0. The van der Waals surface area contributed by atoms with Crippen molar-refractivity contribution in [1.29, 1.82) is 0 Å². The molecule has 0 unspecified atom stereocenters. The molecular formula is C19H17O4P. The molecule has 4 nitrogen and oxygen atoms in total. The lowest BCUT2D eigenvalue weighted by atomic mass is 10.2. The molecule has 3 rings (SSSR count). The molecule has 0 aliphatic carbocycles. The van der Waals surface area contributed by atoms with Crippen molar-refractivity contribution in [2.45, 2.75) is 6.92 Å². The Hall–Kier alpha value is -2.71. The van der Waals surface area contributed by atoms with Crippen molar-refractivity contribution in [3.05, 3.63) is 90.5 Å². The zero-order valence-electron chi connectivity index (χ0n) is 13.2. The van der Waals surface area contributed by atoms with Crippen LogP contribution in [0.2, 0.25) is 0 Å². The van der Waals surface area contributed by atoms with Crippen molar-refractivity contribution < 1.29 is 18.1 Å². The van der Waals surface area contributed by atoms with Gasteiger partial charge in [-0.15, -0.1) is 0 Å². The zero-order chi connectivity index (χ0) is 16.8. The topological polar surface area (TPSA) is 44.8 Å². The first-order valence-electron chi connectivity index (χ1n) is 7.49. The van der Waals surface area contributed by atoms with Gasteiger partial charge in [0.25, 0.3) is 0 Å². The second-order valence-corrected chi connectivity index (χ2v) is 6.55. The molecule has 122 valence electrons. The van der Waals surface area contributed by atoms with Crippen LogP contribution in [0, 0.1) is 6.92 Å². The van der Waals surface area contributed by atoms with E-state index in [0.29, 0.717) is 17.2 Å². The Morgan fingerprint density at radius 2 is 1.08 bits per heavy atom. The number of rotatable bonds is 6. The lowest BCUT2D eigenvalue weighted by Crippen LogP contribution is -2.08. The number of para-hydroxylation sites is 3. The monoisotopic (exact) mass is 340 g/mol. The summed E-state index contributed by atoms with van der Waals surface area (Å²) in [5, 5.41) is 0. The Labute approximate surface area is 141 Å². The van der Waals surface area contributed by atoms with Gasteiger partial charge < -0.3 is 13.6 Å². The van der Waals surface area contributed by atoms with Gasteiger partial charge in [-0.05, 0) is 42.8 Å². The van der Waals surface area contributed by atoms with Crippen molar-refractivity contribution in [2.75, 3.05) is 0 Å². The third-order valence-corrected chi connectivity index (χ3v) is 4.51. The fourth-order valence-electron chi connectivity index (χ4n) is 2.06. The number of phosphoric ester groups is 1. The van der Waals surface area contributed by atoms with Crippen LogP contribution in [0.5, 0.6) is 17.2 Å². The molecule has 0 bridgehead atoms. The molecule has 0 N–H and O–H groups in total. The van der Waals surface area contributed by atoms with Gasteiger partial charge in [0.15, 0.2) is 0 Å². The predicted molar refractivity (Wildman–Crippen MR) is 93.6 cm³/mol. The van der Waals surface area contributed by atoms with E-state index in [1.54, 1.807) is 60.7 Å². The predicted octanol–water partition coefficient (Wildman–Crippen LogP) is 5.64. The van der Waals surface area contributed by atoms with Crippen LogP contribution in [0.15, 0.2) is 84.9 Å². The van der Waals surface area contributed by atoms with Crippen LogP contribution >= 0.6 is 7.82 Å². The van der Waals surface area contributed by atoms with E-state index in [0.717, 1.165) is 5.56 Å². The van der Waals surface area contributed by atoms with Gasteiger partial charge in [0.05, 0.1) is 0 Å². The Kier molecular flexibility index (Phi) is 4.88. The van der Waals surface area contributed by atoms with Crippen LogP contribution in [-0.2, 0) is 4.57 Å². The van der Waals surface area contributed by atoms with E-state index in [9.17, 15) is 4.57 Å². The van der Waals surface area contributed by atoms with Crippen LogP contribution in [0.1, 0.15) is 5.56 Å². The summed E-state index contributed by atoms with van der Waals surface area (Å²) < 4.78 is 30.0. The van der Waals surface area contributed by atoms with Gasteiger partial charge in [-0.2, -0.15) is 4.57 Å². The highest BCUT2D eigenvalue weighted by molar-refractivity contribution is 7.49. The molecule has 0 amide bonds. The molecular weight excluding hydrogens is 323 g/mol. The van der Waals surface area contributed by atoms with Gasteiger partial charge in [-0.3, -0.25) is 0 Å². The lowest BCUT2D eigenvalue weighted by molar-refractivity contribution is 0.298. The summed E-state index contributed by atoms with van der Waals surface area (Å²) in [5.74, 6) is 1.27. The highest BCUT2D eigenvalue weighted by atomic mass is 31.2. The van der Waals surface area contributed by atoms with E-state index >= 15 is 0 Å². The molecule has 0 atom stereocenters. The van der Waals surface area contributed by atoms with E-state index in [2.05, 4.69) is 0 Å². The summed E-state index contributed by atoms with van der Waals surface area (Å²) in [6.07, 6.45) is 0. The summed E-state index contributed by atoms with van der Waals surface area (Å²) in [6.45, 7) is 1.87. The molecule has 0 saturated heterocycles. The Morgan fingerprint density at radius 3 is 1.58 bits per heavy atom. The normalized spacial score (nSPS) is 10.9. The van der Waals surface area contributed by atoms with Crippen LogP contribution < -0.4 is 13.6 Å². The minimum Gasteiger partial charge on any atom is -0.386 e. The molecule has 3 aromatic rings. The molecule has 0 heterocycles. The molecule has 0 aromatic heterocycles. The Balaban J connectivity index is 1.91. The Morgan fingerprint density at radius 1 is 0.625 bits per heavy atom. The second kappa shape index (κ2) is 7.24. The summed E-state index contributed by atoms with van der Waals surface area (Å²) in [5.41, 5.74) is 0.839. The number of hydrogen-bond donors (Lipinski definition) is 0. The van der Waals surface area contributed by atoms with Gasteiger partial charge in [0, 0.05) is 0 Å². The van der Waals surface area contributed by atoms with Gasteiger partial charge >= 0.3 is 7.82 Å². The van der Waals surface area contributed by atoms with Crippen LogP contribution in [0.3, 0.4) is 0 Å². The van der Waals surface area contributed by atoms with Crippen molar-refractivity contribution in [1.82, 2.24) is 0 Å². The lowest BCUT2D eigenvalue weighted by Gasteiger charge is -2.20. The zero-order valence-corrected chi connectivity index (χ0v) is 14.1. The second-order valence-electron chi connectivity index (χ2n) is 5.11. The van der Waals surface area contributed by atoms with Crippen molar-refractivity contribution in [3.63, 3.8) is 0 Å². The number of phosphoric acid groups is 1. The van der Waals surface area contributed by atoms with Crippen molar-refractivity contribution >= 4 is 7.82 Å². The van der Waals surface area contributed by atoms with E-state index in [-0.39, 0.29) is 0 Å². The third kappa shape index (κ3) is 4.18. The van der Waals surface area contributed by atoms with E-state index in [4.69, 9.17) is 13.6 Å². The van der Waals surface area contributed by atoms with Gasteiger partial charge in [0.1, 0.15) is 17.2 Å². The highest BCUT2D eigenvalue weighted by Gasteiger charge is 2.33. The first kappa shape index (κ1) is 16.2. The molecule has 0 fully saturated rings. The van der Waals surface area contributed by atoms with Crippen LogP contribution in [0.4, 0.5) is 0 Å². The number of hydrogen-bond acceptors (Lipinski definition) is 4. The quantitative estimate of drug-likeness (QED) is 0.545. The molecule has 24 heavy (non-hydrogen) atoms. The highest BCUT2D eigenvalue weighted by Crippen LogP contribution is 2.50. The SMILES string of the molecule is Cc1ccccc1OP(=O)(Oc1ccccc1)Oc1ccccc1. The maximum absolute atomic E-state index is 13.2. The summed E-state index contributed by atoms with van der Waals surface area (Å²) in [7, 11) is -3.91. The molecule has 0 aliphatic heterocycles. The Bertz CT molecular complexity index is 789. The average molecular weight is 340 g/mol. The van der Waals surface area contributed by atoms with E-state index < -0.39 is 7.82 Å². The first-order valence-corrected chi connectivity index (χ1v) is 8.95. The number of benzene rings is 3. The smallest absolute Gasteiger partial charge is 0.386 e. The van der Waals surface area contributed by atoms with Crippen LogP contribution in [0.25, 0.3) is 0 Å². The van der Waals surface area contributed by atoms with Crippen LogP contribution in [-0.4, -0.2) is 0 Å². The first-order chi connectivity index (χ1) is 11.6. The molecule has 0 spiro atoms. The molecule has 0 radical (unpaired) electrons. The van der Waals surface area contributed by atoms with Gasteiger partial charge in [-0.25, -0.2) is 0 Å². The minimum absolute atomic E-state index is 0.408. The fraction of sp³-hybridized carbons (Fsp3) is 0.0526. The number of aryl methyl sites for hydroxylation is 1. The summed E-state index contributed by atoms with van der Waals surface area (Å²) in [6, 6.07) is 24.9. The average Bonchev–Trinajstić information content (AvgIpc) is 2.58. The maximum Gasteiger partial charge on any atom is 0.647 e. The third-order valence-electron chi connectivity index (χ3n) is 3.22. The molecule has 0 aliphatic rings. The largest absolute Gasteiger partial charge is 0.647 e. The van der Waals surface area contributed by atoms with Gasteiger partial charge in [0.2, 0.25) is 0 Å². The molecule has 0 saturated carbocycles. The van der Waals surface area contributed by atoms with Gasteiger partial charge in [-0.1, -0.05) is 54.6 Å². The van der Waals surface area contributed by atoms with E-state index in [1.165, 1.54) is 0 Å². The van der Waals surface area contributed by atoms with E-state index in [1.807, 2.05) is 31.2 Å². The molecule has 3 aromatic carbocycles.